The van der Waals surface area contributed by atoms with E-state index in [4.69, 9.17) is 0 Å². The maximum absolute atomic E-state index is 3.61. The van der Waals surface area contributed by atoms with Gasteiger partial charge in [-0.25, -0.2) is 0 Å². The van der Waals surface area contributed by atoms with Crippen LogP contribution in [0.5, 0.6) is 0 Å². The summed E-state index contributed by atoms with van der Waals surface area (Å²) in [6.45, 7) is 13.7. The van der Waals surface area contributed by atoms with E-state index in [2.05, 4.69) is 51.9 Å². The van der Waals surface area contributed by atoms with Crippen molar-refractivity contribution < 1.29 is 0 Å². The van der Waals surface area contributed by atoms with Crippen molar-refractivity contribution in [2.45, 2.75) is 72.4 Å². The highest BCUT2D eigenvalue weighted by molar-refractivity contribution is 4.75. The van der Waals surface area contributed by atoms with Crippen LogP contribution in [-0.4, -0.2) is 37.1 Å². The molecule has 0 spiro atoms. The van der Waals surface area contributed by atoms with Gasteiger partial charge in [-0.05, 0) is 39.3 Å². The first-order valence-corrected chi connectivity index (χ1v) is 7.45. The number of rotatable bonds is 10. The van der Waals surface area contributed by atoms with E-state index in [-0.39, 0.29) is 0 Å². The SMILES string of the molecule is CCCC(C)N(C)C(CCC)CNCC(C)C. The molecule has 2 atom stereocenters. The molecule has 104 valence electrons. The highest BCUT2D eigenvalue weighted by Crippen LogP contribution is 2.12. The van der Waals surface area contributed by atoms with E-state index in [1.165, 1.54) is 25.7 Å². The van der Waals surface area contributed by atoms with E-state index in [0.29, 0.717) is 12.1 Å². The molecule has 0 amide bonds. The van der Waals surface area contributed by atoms with E-state index in [1.54, 1.807) is 0 Å². The third-order valence-electron chi connectivity index (χ3n) is 3.53. The van der Waals surface area contributed by atoms with Crippen LogP contribution in [0.1, 0.15) is 60.3 Å². The normalized spacial score (nSPS) is 15.5. The third kappa shape index (κ3) is 7.77. The second-order valence-electron chi connectivity index (χ2n) is 5.80. The molecule has 0 radical (unpaired) electrons. The summed E-state index contributed by atoms with van der Waals surface area (Å²) in [6.07, 6.45) is 5.16. The lowest BCUT2D eigenvalue weighted by Gasteiger charge is -2.33. The predicted octanol–water partition coefficient (Wildman–Crippen LogP) is 3.52. The first-order chi connectivity index (χ1) is 8.02. The first kappa shape index (κ1) is 16.9. The number of likely N-dealkylation sites (N-methyl/N-ethyl adjacent to an activating group) is 1. The molecule has 0 rings (SSSR count). The minimum absolute atomic E-state index is 0.695. The van der Waals surface area contributed by atoms with Crippen LogP contribution in [0, 0.1) is 5.92 Å². The topological polar surface area (TPSA) is 15.3 Å². The molecule has 0 aromatic heterocycles. The van der Waals surface area contributed by atoms with Crippen LogP contribution in [0.4, 0.5) is 0 Å². The van der Waals surface area contributed by atoms with Crippen molar-refractivity contribution in [3.05, 3.63) is 0 Å². The van der Waals surface area contributed by atoms with E-state index < -0.39 is 0 Å². The molecule has 2 nitrogen and oxygen atoms in total. The van der Waals surface area contributed by atoms with Gasteiger partial charge in [0.25, 0.3) is 0 Å². The Labute approximate surface area is 109 Å². The molecule has 0 fully saturated rings. The Hall–Kier alpha value is -0.0800. The summed E-state index contributed by atoms with van der Waals surface area (Å²) in [4.78, 5) is 2.57. The maximum atomic E-state index is 3.61. The fraction of sp³-hybridized carbons (Fsp3) is 1.00. The monoisotopic (exact) mass is 242 g/mol. The lowest BCUT2D eigenvalue weighted by molar-refractivity contribution is 0.161. The lowest BCUT2D eigenvalue weighted by Crippen LogP contribution is -2.45. The van der Waals surface area contributed by atoms with Gasteiger partial charge in [-0.3, -0.25) is 4.90 Å². The van der Waals surface area contributed by atoms with Crippen LogP contribution in [0.3, 0.4) is 0 Å². The van der Waals surface area contributed by atoms with Crippen LogP contribution in [0.25, 0.3) is 0 Å². The molecule has 1 N–H and O–H groups in total. The highest BCUT2D eigenvalue weighted by Gasteiger charge is 2.18. The van der Waals surface area contributed by atoms with Gasteiger partial charge in [-0.1, -0.05) is 40.5 Å². The minimum atomic E-state index is 0.695. The van der Waals surface area contributed by atoms with E-state index in [1.807, 2.05) is 0 Å². The summed E-state index contributed by atoms with van der Waals surface area (Å²) in [5.41, 5.74) is 0. The van der Waals surface area contributed by atoms with Crippen molar-refractivity contribution >= 4 is 0 Å². The van der Waals surface area contributed by atoms with Crippen molar-refractivity contribution in [1.82, 2.24) is 10.2 Å². The minimum Gasteiger partial charge on any atom is -0.315 e. The van der Waals surface area contributed by atoms with Crippen LogP contribution in [0.2, 0.25) is 0 Å². The molecule has 0 aromatic rings. The molecule has 0 heterocycles. The summed E-state index contributed by atoms with van der Waals surface area (Å²) in [7, 11) is 2.29. The van der Waals surface area contributed by atoms with E-state index in [0.717, 1.165) is 19.0 Å². The zero-order valence-corrected chi connectivity index (χ0v) is 12.9. The molecule has 0 saturated carbocycles. The molecule has 0 bridgehead atoms. The number of nitrogens with one attached hydrogen (secondary N) is 1. The number of hydrogen-bond acceptors (Lipinski definition) is 2. The summed E-state index contributed by atoms with van der Waals surface area (Å²) in [6, 6.07) is 1.40. The molecule has 2 unspecified atom stereocenters. The molecule has 0 aliphatic carbocycles. The third-order valence-corrected chi connectivity index (χ3v) is 3.53. The van der Waals surface area contributed by atoms with Crippen molar-refractivity contribution in [2.24, 2.45) is 5.92 Å². The van der Waals surface area contributed by atoms with Crippen molar-refractivity contribution in [3.63, 3.8) is 0 Å². The highest BCUT2D eigenvalue weighted by atomic mass is 15.2. The largest absolute Gasteiger partial charge is 0.315 e. The Bertz CT molecular complexity index is 168. The fourth-order valence-corrected chi connectivity index (χ4v) is 2.30. The van der Waals surface area contributed by atoms with Crippen LogP contribution in [-0.2, 0) is 0 Å². The molecule has 0 aliphatic rings. The van der Waals surface area contributed by atoms with Crippen molar-refractivity contribution in [1.29, 1.82) is 0 Å². The maximum Gasteiger partial charge on any atom is 0.0220 e. The smallest absolute Gasteiger partial charge is 0.0220 e. The molecule has 17 heavy (non-hydrogen) atoms. The van der Waals surface area contributed by atoms with E-state index >= 15 is 0 Å². The van der Waals surface area contributed by atoms with Gasteiger partial charge in [0.15, 0.2) is 0 Å². The summed E-state index contributed by atoms with van der Waals surface area (Å²) < 4.78 is 0. The molecular weight excluding hydrogens is 208 g/mol. The molecular formula is C15H34N2. The lowest BCUT2D eigenvalue weighted by atomic mass is 10.1. The molecule has 0 aromatic carbocycles. The summed E-state index contributed by atoms with van der Waals surface area (Å²) in [5, 5.41) is 3.61. The molecule has 0 saturated heterocycles. The van der Waals surface area contributed by atoms with E-state index in [9.17, 15) is 0 Å². The van der Waals surface area contributed by atoms with Gasteiger partial charge in [-0.2, -0.15) is 0 Å². The van der Waals surface area contributed by atoms with Gasteiger partial charge in [-0.15, -0.1) is 0 Å². The van der Waals surface area contributed by atoms with Crippen LogP contribution >= 0.6 is 0 Å². The molecule has 2 heteroatoms. The second-order valence-corrected chi connectivity index (χ2v) is 5.80. The summed E-state index contributed by atoms with van der Waals surface area (Å²) in [5.74, 6) is 0.746. The van der Waals surface area contributed by atoms with Gasteiger partial charge in [0, 0.05) is 18.6 Å². The van der Waals surface area contributed by atoms with Gasteiger partial charge in [0.1, 0.15) is 0 Å². The average Bonchev–Trinajstić information content (AvgIpc) is 2.27. The summed E-state index contributed by atoms with van der Waals surface area (Å²) >= 11 is 0. The van der Waals surface area contributed by atoms with Crippen molar-refractivity contribution in [2.75, 3.05) is 20.1 Å². The quantitative estimate of drug-likeness (QED) is 0.630. The fourth-order valence-electron chi connectivity index (χ4n) is 2.30. The van der Waals surface area contributed by atoms with Crippen LogP contribution in [0.15, 0.2) is 0 Å². The van der Waals surface area contributed by atoms with Gasteiger partial charge >= 0.3 is 0 Å². The predicted molar refractivity (Wildman–Crippen MR) is 78.5 cm³/mol. The number of nitrogens with zero attached hydrogens (tertiary/aromatic N) is 1. The zero-order chi connectivity index (χ0) is 13.3. The number of hydrogen-bond donors (Lipinski definition) is 1. The Morgan fingerprint density at radius 3 is 2.00 bits per heavy atom. The van der Waals surface area contributed by atoms with Crippen molar-refractivity contribution in [3.8, 4) is 0 Å². The zero-order valence-electron chi connectivity index (χ0n) is 12.9. The second kappa shape index (κ2) is 9.90. The van der Waals surface area contributed by atoms with Crippen LogP contribution < -0.4 is 5.32 Å². The standard InChI is InChI=1S/C15H34N2/c1-7-9-14(5)17(6)15(10-8-2)12-16-11-13(3)4/h13-16H,7-12H2,1-6H3. The van der Waals surface area contributed by atoms with Gasteiger partial charge < -0.3 is 5.32 Å². The van der Waals surface area contributed by atoms with Gasteiger partial charge in [0.05, 0.1) is 0 Å². The Morgan fingerprint density at radius 2 is 1.53 bits per heavy atom. The first-order valence-electron chi connectivity index (χ1n) is 7.45. The Balaban J connectivity index is 4.10. The average molecular weight is 242 g/mol. The molecule has 0 aliphatic heterocycles. The van der Waals surface area contributed by atoms with Gasteiger partial charge in [0.2, 0.25) is 0 Å². The Morgan fingerprint density at radius 1 is 0.941 bits per heavy atom. The Kier molecular flexibility index (Phi) is 9.85.